The third-order valence-electron chi connectivity index (χ3n) is 5.08. The predicted molar refractivity (Wildman–Crippen MR) is 144 cm³/mol. The van der Waals surface area contributed by atoms with Gasteiger partial charge in [-0.3, -0.25) is 4.58 Å². The summed E-state index contributed by atoms with van der Waals surface area (Å²) in [6, 6.07) is 30.9. The molecule has 5 heteroatoms. The zero-order valence-electron chi connectivity index (χ0n) is 21.8. The highest BCUT2D eigenvalue weighted by Gasteiger charge is 2.45. The van der Waals surface area contributed by atoms with Gasteiger partial charge in [-0.05, 0) is 64.0 Å². The minimum absolute atomic E-state index is 0.430. The zero-order chi connectivity index (χ0) is 25.6. The first kappa shape index (κ1) is 26.9. The lowest BCUT2D eigenvalue weighted by molar-refractivity contribution is -0.384. The molecule has 0 unspecified atom stereocenters. The van der Waals surface area contributed by atoms with Gasteiger partial charge in [0.25, 0.3) is 0 Å². The molecule has 0 bridgehead atoms. The van der Waals surface area contributed by atoms with Gasteiger partial charge in [0.2, 0.25) is 0 Å². The molecule has 4 nitrogen and oxygen atoms in total. The van der Waals surface area contributed by atoms with Crippen LogP contribution in [0.1, 0.15) is 48.5 Å². The summed E-state index contributed by atoms with van der Waals surface area (Å²) in [5.41, 5.74) is -2.15. The van der Waals surface area contributed by atoms with Crippen LogP contribution in [0, 0.1) is 11.8 Å². The smallest absolute Gasteiger partial charge is 0.268 e. The van der Waals surface area contributed by atoms with Gasteiger partial charge in [-0.2, -0.15) is 0 Å². The Kier molecular flexibility index (Phi) is 8.37. The van der Waals surface area contributed by atoms with E-state index in [-0.39, 0.29) is 0 Å². The molecule has 0 amide bonds. The summed E-state index contributed by atoms with van der Waals surface area (Å²) in [5, 5.41) is 3.26. The van der Waals surface area contributed by atoms with E-state index in [2.05, 4.69) is 48.2 Å². The van der Waals surface area contributed by atoms with Crippen LogP contribution in [0.5, 0.6) is 0 Å². The molecule has 0 fully saturated rings. The van der Waals surface area contributed by atoms with E-state index >= 15 is 0 Å². The van der Waals surface area contributed by atoms with Gasteiger partial charge in [0, 0.05) is 0 Å². The maximum Gasteiger partial charge on any atom is 0.331 e. The molecule has 0 saturated carbocycles. The molecule has 3 aromatic carbocycles. The summed E-state index contributed by atoms with van der Waals surface area (Å²) in [7, 11) is -2.99. The second-order valence-electron chi connectivity index (χ2n) is 10.5. The lowest BCUT2D eigenvalue weighted by Crippen LogP contribution is -2.69. The average Bonchev–Trinajstić information content (AvgIpc) is 2.84. The van der Waals surface area contributed by atoms with Crippen molar-refractivity contribution in [2.24, 2.45) is 0 Å². The van der Waals surface area contributed by atoms with Crippen LogP contribution in [0.15, 0.2) is 91.0 Å². The van der Waals surface area contributed by atoms with Crippen LogP contribution in [0.4, 0.5) is 0 Å². The minimum Gasteiger partial charge on any atom is -0.268 e. The Morgan fingerprint density at radius 3 is 1.17 bits per heavy atom. The van der Waals surface area contributed by atoms with Crippen LogP contribution in [-0.2, 0) is 19.2 Å². The van der Waals surface area contributed by atoms with Crippen LogP contribution in [0.3, 0.4) is 0 Å². The number of hydrogen-bond acceptors (Lipinski definition) is 4. The molecule has 0 aliphatic carbocycles. The quantitative estimate of drug-likeness (QED) is 0.148. The summed E-state index contributed by atoms with van der Waals surface area (Å²) in [5.74, 6) is 6.32. The van der Waals surface area contributed by atoms with Crippen molar-refractivity contribution in [1.29, 1.82) is 0 Å². The van der Waals surface area contributed by atoms with E-state index in [1.165, 1.54) is 0 Å². The molecule has 0 spiro atoms. The SMILES string of the molecule is CC(C)(C)OOC(C)(C)C#CC(C)(C)OO[Si](c1ccccc1)(c1ccccc1)c1ccccc1. The van der Waals surface area contributed by atoms with Crippen LogP contribution < -0.4 is 15.6 Å². The molecule has 0 heterocycles. The molecule has 3 aromatic rings. The lowest BCUT2D eigenvalue weighted by Gasteiger charge is -2.34. The first-order valence-electron chi connectivity index (χ1n) is 11.9. The summed E-state index contributed by atoms with van der Waals surface area (Å²) >= 11 is 0. The van der Waals surface area contributed by atoms with E-state index < -0.39 is 25.1 Å². The molecule has 3 rings (SSSR count). The molecular formula is C30H36O4Si. The molecule has 0 aliphatic rings. The van der Waals surface area contributed by atoms with E-state index in [1.54, 1.807) is 0 Å². The van der Waals surface area contributed by atoms with Crippen molar-refractivity contribution in [2.75, 3.05) is 0 Å². The standard InChI is InChI=1S/C30H36O4Si/c1-28(2,3)31-32-29(4,5)23-24-30(6,7)33-34-35(25-17-11-8-12-18-25,26-19-13-9-14-20-26)27-21-15-10-16-22-27/h8-22H,1-7H3. The highest BCUT2D eigenvalue weighted by Crippen LogP contribution is 2.19. The molecule has 0 aromatic heterocycles. The Labute approximate surface area is 211 Å². The van der Waals surface area contributed by atoms with E-state index in [1.807, 2.05) is 103 Å². The first-order valence-corrected chi connectivity index (χ1v) is 13.8. The van der Waals surface area contributed by atoms with Crippen LogP contribution in [0.2, 0.25) is 0 Å². The second-order valence-corrected chi connectivity index (χ2v) is 13.8. The third-order valence-corrected chi connectivity index (χ3v) is 8.85. The molecule has 0 aliphatic heterocycles. The predicted octanol–water partition coefficient (Wildman–Crippen LogP) is 4.91. The second kappa shape index (κ2) is 10.9. The van der Waals surface area contributed by atoms with E-state index in [9.17, 15) is 0 Å². The molecule has 0 radical (unpaired) electrons. The van der Waals surface area contributed by atoms with E-state index in [0.717, 1.165) is 15.6 Å². The molecular weight excluding hydrogens is 452 g/mol. The highest BCUT2D eigenvalue weighted by atomic mass is 28.4. The van der Waals surface area contributed by atoms with Crippen LogP contribution in [-0.4, -0.2) is 25.1 Å². The van der Waals surface area contributed by atoms with Crippen LogP contribution in [0.25, 0.3) is 0 Å². The minimum atomic E-state index is -2.99. The maximum absolute atomic E-state index is 6.60. The monoisotopic (exact) mass is 488 g/mol. The summed E-state index contributed by atoms with van der Waals surface area (Å²) in [4.78, 5) is 17.3. The molecule has 0 atom stereocenters. The van der Waals surface area contributed by atoms with Gasteiger partial charge in [-0.25, -0.2) is 14.7 Å². The Morgan fingerprint density at radius 2 is 0.829 bits per heavy atom. The van der Waals surface area contributed by atoms with Gasteiger partial charge in [-0.15, -0.1) is 0 Å². The van der Waals surface area contributed by atoms with Gasteiger partial charge in [-0.1, -0.05) is 103 Å². The summed E-state index contributed by atoms with van der Waals surface area (Å²) in [6.45, 7) is 13.3. The Balaban J connectivity index is 1.98. The van der Waals surface area contributed by atoms with Crippen molar-refractivity contribution >= 4 is 23.9 Å². The maximum atomic E-state index is 6.60. The van der Waals surface area contributed by atoms with Gasteiger partial charge >= 0.3 is 8.32 Å². The molecule has 0 N–H and O–H groups in total. The highest BCUT2D eigenvalue weighted by molar-refractivity contribution is 7.07. The van der Waals surface area contributed by atoms with Gasteiger partial charge in [0.05, 0.1) is 5.60 Å². The molecule has 0 saturated heterocycles. The van der Waals surface area contributed by atoms with E-state index in [0.29, 0.717) is 0 Å². The fourth-order valence-corrected chi connectivity index (χ4v) is 7.01. The van der Waals surface area contributed by atoms with Crippen molar-refractivity contribution < 1.29 is 19.2 Å². The summed E-state index contributed by atoms with van der Waals surface area (Å²) < 4.78 is 6.60. The Morgan fingerprint density at radius 1 is 0.486 bits per heavy atom. The molecule has 184 valence electrons. The number of benzene rings is 3. The van der Waals surface area contributed by atoms with Crippen molar-refractivity contribution in [3.8, 4) is 11.8 Å². The van der Waals surface area contributed by atoms with Crippen molar-refractivity contribution in [3.63, 3.8) is 0 Å². The fraction of sp³-hybridized carbons (Fsp3) is 0.333. The van der Waals surface area contributed by atoms with Crippen molar-refractivity contribution in [2.45, 2.75) is 65.3 Å². The first-order chi connectivity index (χ1) is 16.4. The van der Waals surface area contributed by atoms with Gasteiger partial charge < -0.3 is 0 Å². The third kappa shape index (κ3) is 7.38. The number of rotatable bonds is 8. The van der Waals surface area contributed by atoms with Crippen molar-refractivity contribution in [3.05, 3.63) is 91.0 Å². The lowest BCUT2D eigenvalue weighted by atomic mass is 10.1. The van der Waals surface area contributed by atoms with Gasteiger partial charge in [0.15, 0.2) is 11.2 Å². The Bertz CT molecular complexity index is 1030. The average molecular weight is 489 g/mol. The largest absolute Gasteiger partial charge is 0.331 e. The Hall–Kier alpha value is -2.72. The normalized spacial score (nSPS) is 12.7. The van der Waals surface area contributed by atoms with Gasteiger partial charge in [0.1, 0.15) is 0 Å². The van der Waals surface area contributed by atoms with E-state index in [4.69, 9.17) is 19.2 Å². The van der Waals surface area contributed by atoms with Crippen molar-refractivity contribution in [1.82, 2.24) is 0 Å². The van der Waals surface area contributed by atoms with Crippen LogP contribution >= 0.6 is 0 Å². The molecule has 35 heavy (non-hydrogen) atoms. The summed E-state index contributed by atoms with van der Waals surface area (Å²) in [6.07, 6.45) is 0. The zero-order valence-corrected chi connectivity index (χ0v) is 22.8. The fourth-order valence-electron chi connectivity index (χ4n) is 3.40. The number of hydrogen-bond donors (Lipinski definition) is 0. The topological polar surface area (TPSA) is 36.9 Å².